The molecule has 1 aromatic carbocycles. The van der Waals surface area contributed by atoms with Crippen LogP contribution in [-0.2, 0) is 11.2 Å². The van der Waals surface area contributed by atoms with Crippen LogP contribution in [-0.4, -0.2) is 29.8 Å². The predicted octanol–water partition coefficient (Wildman–Crippen LogP) is 2.61. The molecular weight excluding hydrogens is 281 g/mol. The monoisotopic (exact) mass is 305 g/mol. The highest BCUT2D eigenvalue weighted by Crippen LogP contribution is 2.11. The number of hydrogen-bond acceptors (Lipinski definition) is 2. The van der Waals surface area contributed by atoms with Crippen LogP contribution in [0.3, 0.4) is 0 Å². The highest BCUT2D eigenvalue weighted by molar-refractivity contribution is 5.76. The van der Waals surface area contributed by atoms with Gasteiger partial charge in [0.05, 0.1) is 0 Å². The maximum atomic E-state index is 12.0. The number of carbonyl (C=O) groups is 1. The molecule has 3 nitrogen and oxygen atoms in total. The first-order valence-electron chi connectivity index (χ1n) is 7.64. The summed E-state index contributed by atoms with van der Waals surface area (Å²) in [7, 11) is 0. The van der Waals surface area contributed by atoms with Gasteiger partial charge in [-0.05, 0) is 43.9 Å². The molecule has 1 rings (SSSR count). The van der Waals surface area contributed by atoms with E-state index >= 15 is 0 Å². The quantitative estimate of drug-likeness (QED) is 0.601. The first-order chi connectivity index (χ1) is 10.5. The molecule has 1 amide bonds. The van der Waals surface area contributed by atoms with E-state index in [2.05, 4.69) is 17.2 Å². The van der Waals surface area contributed by atoms with Crippen molar-refractivity contribution in [3.63, 3.8) is 0 Å². The molecular formula is C18H24FNO2. The van der Waals surface area contributed by atoms with Gasteiger partial charge < -0.3 is 10.4 Å². The van der Waals surface area contributed by atoms with E-state index in [9.17, 15) is 14.3 Å². The van der Waals surface area contributed by atoms with Gasteiger partial charge in [-0.1, -0.05) is 37.3 Å². The van der Waals surface area contributed by atoms with E-state index in [-0.39, 0.29) is 0 Å². The van der Waals surface area contributed by atoms with Gasteiger partial charge in [-0.15, -0.1) is 0 Å². The third-order valence-electron chi connectivity index (χ3n) is 3.23. The lowest BCUT2D eigenvalue weighted by Gasteiger charge is -2.14. The Morgan fingerprint density at radius 3 is 2.91 bits per heavy atom. The summed E-state index contributed by atoms with van der Waals surface area (Å²) in [6, 6.07) is 7.80. The molecule has 0 radical (unpaired) electrons. The average Bonchev–Trinajstić information content (AvgIpc) is 2.50. The van der Waals surface area contributed by atoms with E-state index in [0.29, 0.717) is 13.0 Å². The highest BCUT2D eigenvalue weighted by atomic mass is 19.1. The minimum atomic E-state index is -0.969. The van der Waals surface area contributed by atoms with Crippen LogP contribution < -0.4 is 5.32 Å². The van der Waals surface area contributed by atoms with Crippen LogP contribution in [0.1, 0.15) is 44.2 Å². The van der Waals surface area contributed by atoms with Crippen molar-refractivity contribution in [3.8, 4) is 11.8 Å². The number of hydrogen-bond donors (Lipinski definition) is 2. The van der Waals surface area contributed by atoms with E-state index in [0.717, 1.165) is 30.4 Å². The molecule has 0 saturated heterocycles. The summed E-state index contributed by atoms with van der Waals surface area (Å²) in [4.78, 5) is 10.8. The molecule has 0 aliphatic rings. The molecule has 0 heterocycles. The largest absolute Gasteiger partial charge is 0.378 e. The van der Waals surface area contributed by atoms with Gasteiger partial charge in [-0.2, -0.15) is 0 Å². The lowest BCUT2D eigenvalue weighted by molar-refractivity contribution is -0.121. The number of nitrogens with one attached hydrogen (secondary N) is 1. The van der Waals surface area contributed by atoms with Gasteiger partial charge >= 0.3 is 0 Å². The summed E-state index contributed by atoms with van der Waals surface area (Å²) in [5.74, 6) is 5.34. The second-order valence-electron chi connectivity index (χ2n) is 5.56. The normalized spacial score (nSPS) is 12.9. The molecule has 2 N–H and O–H groups in total. The SMILES string of the molecule is CCCC(C)(O)C#Cc1cccc(CCCNC(=O)CF)c1. The van der Waals surface area contributed by atoms with E-state index in [4.69, 9.17) is 0 Å². The molecule has 1 aromatic rings. The zero-order valence-electron chi connectivity index (χ0n) is 13.3. The van der Waals surface area contributed by atoms with Crippen molar-refractivity contribution in [3.05, 3.63) is 35.4 Å². The van der Waals surface area contributed by atoms with Gasteiger partial charge in [0.15, 0.2) is 6.67 Å². The molecule has 4 heteroatoms. The smallest absolute Gasteiger partial charge is 0.251 e. The van der Waals surface area contributed by atoms with E-state index < -0.39 is 18.2 Å². The zero-order chi connectivity index (χ0) is 16.4. The van der Waals surface area contributed by atoms with Crippen LogP contribution in [0.5, 0.6) is 0 Å². The summed E-state index contributed by atoms with van der Waals surface area (Å²) in [5.41, 5.74) is 1.01. The van der Waals surface area contributed by atoms with E-state index in [1.54, 1.807) is 6.92 Å². The highest BCUT2D eigenvalue weighted by Gasteiger charge is 2.14. The molecule has 0 aliphatic carbocycles. The van der Waals surface area contributed by atoms with Crippen LogP contribution in [0, 0.1) is 11.8 Å². The standard InChI is InChI=1S/C18H24FNO2/c1-3-10-18(2,22)11-9-16-7-4-6-15(13-16)8-5-12-20-17(21)14-19/h4,6-7,13,22H,3,5,8,10,12,14H2,1-2H3,(H,20,21). The number of halogens is 1. The fraction of sp³-hybridized carbons (Fsp3) is 0.500. The summed E-state index contributed by atoms with van der Waals surface area (Å²) in [6.07, 6.45) is 3.06. The van der Waals surface area contributed by atoms with Crippen molar-refractivity contribution in [2.24, 2.45) is 0 Å². The summed E-state index contributed by atoms with van der Waals surface area (Å²) < 4.78 is 12.0. The van der Waals surface area contributed by atoms with Crippen LogP contribution in [0.15, 0.2) is 24.3 Å². The van der Waals surface area contributed by atoms with Gasteiger partial charge in [0.2, 0.25) is 0 Å². The fourth-order valence-corrected chi connectivity index (χ4v) is 2.13. The minimum absolute atomic E-state index is 0.462. The molecule has 0 bridgehead atoms. The molecule has 0 saturated carbocycles. The Hall–Kier alpha value is -1.86. The number of alkyl halides is 1. The van der Waals surface area contributed by atoms with E-state index in [1.165, 1.54) is 0 Å². The van der Waals surface area contributed by atoms with Crippen molar-refractivity contribution >= 4 is 5.91 Å². The second-order valence-corrected chi connectivity index (χ2v) is 5.56. The van der Waals surface area contributed by atoms with Crippen LogP contribution in [0.25, 0.3) is 0 Å². The van der Waals surface area contributed by atoms with Crippen LogP contribution in [0.2, 0.25) is 0 Å². The van der Waals surface area contributed by atoms with Crippen molar-refractivity contribution < 1.29 is 14.3 Å². The Morgan fingerprint density at radius 2 is 2.23 bits per heavy atom. The van der Waals surface area contributed by atoms with Crippen LogP contribution in [0.4, 0.5) is 4.39 Å². The average molecular weight is 305 g/mol. The van der Waals surface area contributed by atoms with Gasteiger partial charge in [0.25, 0.3) is 5.91 Å². The van der Waals surface area contributed by atoms with Gasteiger partial charge in [0.1, 0.15) is 5.60 Å². The Labute approximate surface area is 131 Å². The molecule has 22 heavy (non-hydrogen) atoms. The number of rotatable bonds is 7. The van der Waals surface area contributed by atoms with E-state index in [1.807, 2.05) is 31.2 Å². The Balaban J connectivity index is 2.56. The first-order valence-corrected chi connectivity index (χ1v) is 7.64. The van der Waals surface area contributed by atoms with Gasteiger partial charge in [-0.3, -0.25) is 4.79 Å². The Bertz CT molecular complexity index is 544. The molecule has 0 aliphatic heterocycles. The summed E-state index contributed by atoms with van der Waals surface area (Å²) in [5, 5.41) is 12.6. The maximum absolute atomic E-state index is 12.0. The zero-order valence-corrected chi connectivity index (χ0v) is 13.3. The predicted molar refractivity (Wildman–Crippen MR) is 86.2 cm³/mol. The Morgan fingerprint density at radius 1 is 1.45 bits per heavy atom. The molecule has 0 spiro atoms. The maximum Gasteiger partial charge on any atom is 0.251 e. The first kappa shape index (κ1) is 18.2. The molecule has 1 unspecified atom stereocenters. The molecule has 0 fully saturated rings. The summed E-state index contributed by atoms with van der Waals surface area (Å²) >= 11 is 0. The minimum Gasteiger partial charge on any atom is -0.378 e. The second kappa shape index (κ2) is 9.22. The third kappa shape index (κ3) is 7.24. The lowest BCUT2D eigenvalue weighted by Crippen LogP contribution is -2.25. The Kier molecular flexibility index (Phi) is 7.62. The van der Waals surface area contributed by atoms with Crippen molar-refractivity contribution in [1.29, 1.82) is 0 Å². The van der Waals surface area contributed by atoms with Crippen LogP contribution >= 0.6 is 0 Å². The molecule has 1 atom stereocenters. The fourth-order valence-electron chi connectivity index (χ4n) is 2.13. The van der Waals surface area contributed by atoms with Gasteiger partial charge in [-0.25, -0.2) is 4.39 Å². The number of aryl methyl sites for hydroxylation is 1. The molecule has 0 aromatic heterocycles. The third-order valence-corrected chi connectivity index (χ3v) is 3.23. The number of aliphatic hydroxyl groups is 1. The topological polar surface area (TPSA) is 49.3 Å². The van der Waals surface area contributed by atoms with Crippen molar-refractivity contribution in [2.45, 2.75) is 45.1 Å². The lowest BCUT2D eigenvalue weighted by atomic mass is 10.0. The van der Waals surface area contributed by atoms with Crippen molar-refractivity contribution in [1.82, 2.24) is 5.32 Å². The van der Waals surface area contributed by atoms with Crippen molar-refractivity contribution in [2.75, 3.05) is 13.2 Å². The number of carbonyl (C=O) groups excluding carboxylic acids is 1. The van der Waals surface area contributed by atoms with Gasteiger partial charge in [0, 0.05) is 12.1 Å². The summed E-state index contributed by atoms with van der Waals surface area (Å²) in [6.45, 7) is 3.23. The number of benzene rings is 1. The number of amides is 1. The molecule has 120 valence electrons.